The third-order valence-corrected chi connectivity index (χ3v) is 4.49. The van der Waals surface area contributed by atoms with E-state index in [1.165, 1.54) is 17.7 Å². The summed E-state index contributed by atoms with van der Waals surface area (Å²) in [6.07, 6.45) is 2.41. The molecule has 0 aliphatic carbocycles. The third-order valence-electron chi connectivity index (χ3n) is 4.49. The molecular weight excluding hydrogens is 252 g/mol. The fourth-order valence-corrected chi connectivity index (χ4v) is 3.35. The second-order valence-electron chi connectivity index (χ2n) is 6.04. The molecule has 2 aliphatic rings. The van der Waals surface area contributed by atoms with Crippen LogP contribution < -0.4 is 9.80 Å². The number of likely N-dealkylation sites (N-methyl/N-ethyl adjacent to an activating group) is 1. The molecule has 0 saturated carbocycles. The quantitative estimate of drug-likeness (QED) is 0.777. The number of benzene rings is 1. The number of nitrogens with zero attached hydrogens (tertiary/aromatic N) is 2. The molecule has 0 aromatic heterocycles. The maximum atomic E-state index is 11.8. The van der Waals surface area contributed by atoms with Crippen molar-refractivity contribution in [3.8, 4) is 0 Å². The Morgan fingerprint density at radius 2 is 2.00 bits per heavy atom. The van der Waals surface area contributed by atoms with Crippen molar-refractivity contribution < 1.29 is 9.59 Å². The van der Waals surface area contributed by atoms with E-state index in [1.807, 2.05) is 12.1 Å². The van der Waals surface area contributed by atoms with E-state index >= 15 is 0 Å². The first kappa shape index (κ1) is 13.2. The predicted molar refractivity (Wildman–Crippen MR) is 79.4 cm³/mol. The number of anilines is 2. The summed E-state index contributed by atoms with van der Waals surface area (Å²) in [7, 11) is 1.67. The van der Waals surface area contributed by atoms with E-state index in [-0.39, 0.29) is 0 Å². The van der Waals surface area contributed by atoms with Crippen LogP contribution in [0.15, 0.2) is 18.2 Å². The maximum absolute atomic E-state index is 11.8. The van der Waals surface area contributed by atoms with Gasteiger partial charge in [-0.3, -0.25) is 9.59 Å². The fourth-order valence-electron chi connectivity index (χ4n) is 3.35. The van der Waals surface area contributed by atoms with Crippen LogP contribution in [0.4, 0.5) is 11.4 Å². The predicted octanol–water partition coefficient (Wildman–Crippen LogP) is 2.47. The summed E-state index contributed by atoms with van der Waals surface area (Å²) in [5, 5.41) is 0. The van der Waals surface area contributed by atoms with Gasteiger partial charge in [-0.25, -0.2) is 0 Å². The van der Waals surface area contributed by atoms with E-state index in [0.29, 0.717) is 17.5 Å². The van der Waals surface area contributed by atoms with Gasteiger partial charge in [-0.05, 0) is 37.0 Å². The van der Waals surface area contributed by atoms with Gasteiger partial charge in [-0.2, -0.15) is 0 Å². The van der Waals surface area contributed by atoms with Gasteiger partial charge in [0.1, 0.15) is 0 Å². The SMILES string of the molecule is CC(C)C1CCCN1c1ccc2c(c1)N(C)C(=O)C2=O. The second-order valence-corrected chi connectivity index (χ2v) is 6.04. The minimum absolute atomic E-state index is 0.393. The zero-order valence-corrected chi connectivity index (χ0v) is 12.2. The molecule has 1 fully saturated rings. The van der Waals surface area contributed by atoms with E-state index in [9.17, 15) is 9.59 Å². The lowest BCUT2D eigenvalue weighted by Gasteiger charge is -2.30. The molecule has 1 amide bonds. The molecule has 1 aromatic carbocycles. The zero-order chi connectivity index (χ0) is 14.4. The highest BCUT2D eigenvalue weighted by Crippen LogP contribution is 2.35. The second kappa shape index (κ2) is 4.62. The molecule has 20 heavy (non-hydrogen) atoms. The number of carbonyl (C=O) groups excluding carboxylic acids is 2. The van der Waals surface area contributed by atoms with Crippen molar-refractivity contribution in [3.63, 3.8) is 0 Å². The highest BCUT2D eigenvalue weighted by molar-refractivity contribution is 6.52. The highest BCUT2D eigenvalue weighted by atomic mass is 16.2. The van der Waals surface area contributed by atoms with Crippen molar-refractivity contribution in [2.75, 3.05) is 23.4 Å². The molecule has 0 N–H and O–H groups in total. The van der Waals surface area contributed by atoms with Crippen molar-refractivity contribution in [3.05, 3.63) is 23.8 Å². The van der Waals surface area contributed by atoms with E-state index in [1.54, 1.807) is 13.1 Å². The lowest BCUT2D eigenvalue weighted by atomic mass is 10.0. The fraction of sp³-hybridized carbons (Fsp3) is 0.500. The number of hydrogen-bond donors (Lipinski definition) is 0. The van der Waals surface area contributed by atoms with Crippen molar-refractivity contribution in [1.82, 2.24) is 0 Å². The van der Waals surface area contributed by atoms with Gasteiger partial charge in [-0.15, -0.1) is 0 Å². The molecule has 1 unspecified atom stereocenters. The lowest BCUT2D eigenvalue weighted by Crippen LogP contribution is -2.33. The normalized spacial score (nSPS) is 22.1. The Morgan fingerprint density at radius 3 is 2.70 bits per heavy atom. The number of carbonyl (C=O) groups is 2. The smallest absolute Gasteiger partial charge is 0.299 e. The first-order valence-corrected chi connectivity index (χ1v) is 7.24. The Bertz CT molecular complexity index is 580. The Labute approximate surface area is 119 Å². The van der Waals surface area contributed by atoms with E-state index in [0.717, 1.165) is 17.9 Å². The average Bonchev–Trinajstić information content (AvgIpc) is 3.00. The molecule has 2 aliphatic heterocycles. The minimum atomic E-state index is -0.431. The highest BCUT2D eigenvalue weighted by Gasteiger charge is 2.35. The van der Waals surface area contributed by atoms with Crippen LogP contribution in [0.5, 0.6) is 0 Å². The molecule has 4 nitrogen and oxygen atoms in total. The first-order valence-electron chi connectivity index (χ1n) is 7.24. The van der Waals surface area contributed by atoms with Crippen molar-refractivity contribution in [2.24, 2.45) is 5.92 Å². The van der Waals surface area contributed by atoms with Crippen molar-refractivity contribution in [1.29, 1.82) is 0 Å². The third kappa shape index (κ3) is 1.82. The maximum Gasteiger partial charge on any atom is 0.299 e. The van der Waals surface area contributed by atoms with Gasteiger partial charge in [-0.1, -0.05) is 13.8 Å². The first-order chi connectivity index (χ1) is 9.50. The molecule has 0 spiro atoms. The van der Waals surface area contributed by atoms with Gasteiger partial charge < -0.3 is 9.80 Å². The largest absolute Gasteiger partial charge is 0.368 e. The zero-order valence-electron chi connectivity index (χ0n) is 12.2. The number of fused-ring (bicyclic) bond motifs is 1. The van der Waals surface area contributed by atoms with Crippen LogP contribution >= 0.6 is 0 Å². The molecule has 0 radical (unpaired) electrons. The molecule has 1 atom stereocenters. The van der Waals surface area contributed by atoms with Crippen LogP contribution in [0.1, 0.15) is 37.0 Å². The van der Waals surface area contributed by atoms with Gasteiger partial charge in [0.15, 0.2) is 0 Å². The monoisotopic (exact) mass is 272 g/mol. The summed E-state index contributed by atoms with van der Waals surface area (Å²) in [5.74, 6) is -0.221. The number of amides is 1. The van der Waals surface area contributed by atoms with Crippen LogP contribution in [0.3, 0.4) is 0 Å². The lowest BCUT2D eigenvalue weighted by molar-refractivity contribution is -0.114. The van der Waals surface area contributed by atoms with Gasteiger partial charge in [0.25, 0.3) is 11.7 Å². The van der Waals surface area contributed by atoms with Crippen molar-refractivity contribution in [2.45, 2.75) is 32.7 Å². The Morgan fingerprint density at radius 1 is 1.25 bits per heavy atom. The standard InChI is InChI=1S/C16H20N2O2/c1-10(2)13-5-4-8-18(13)11-6-7-12-14(9-11)17(3)16(20)15(12)19/h6-7,9-10,13H,4-5,8H2,1-3H3. The number of Topliss-reactive ketones (excluding diaryl/α,β-unsaturated/α-hetero) is 1. The molecule has 0 bridgehead atoms. The summed E-state index contributed by atoms with van der Waals surface area (Å²) >= 11 is 0. The molecule has 3 rings (SSSR count). The summed E-state index contributed by atoms with van der Waals surface area (Å²) in [6, 6.07) is 6.30. The average molecular weight is 272 g/mol. The molecule has 4 heteroatoms. The van der Waals surface area contributed by atoms with Crippen LogP contribution in [0, 0.1) is 5.92 Å². The minimum Gasteiger partial charge on any atom is -0.368 e. The van der Waals surface area contributed by atoms with Crippen molar-refractivity contribution >= 4 is 23.1 Å². The number of hydrogen-bond acceptors (Lipinski definition) is 3. The van der Waals surface area contributed by atoms with Gasteiger partial charge in [0.2, 0.25) is 0 Å². The topological polar surface area (TPSA) is 40.6 Å². The van der Waals surface area contributed by atoms with E-state index in [2.05, 4.69) is 18.7 Å². The molecule has 2 heterocycles. The summed E-state index contributed by atoms with van der Waals surface area (Å²) < 4.78 is 0. The van der Waals surface area contributed by atoms with E-state index < -0.39 is 11.7 Å². The van der Waals surface area contributed by atoms with Crippen LogP contribution in [0.25, 0.3) is 0 Å². The van der Waals surface area contributed by atoms with Crippen LogP contribution in [0.2, 0.25) is 0 Å². The van der Waals surface area contributed by atoms with Crippen LogP contribution in [-0.4, -0.2) is 31.3 Å². The molecule has 1 saturated heterocycles. The molecular formula is C16H20N2O2. The van der Waals surface area contributed by atoms with Crippen LogP contribution in [-0.2, 0) is 4.79 Å². The van der Waals surface area contributed by atoms with Gasteiger partial charge >= 0.3 is 0 Å². The Hall–Kier alpha value is -1.84. The molecule has 106 valence electrons. The number of rotatable bonds is 2. The Kier molecular flexibility index (Phi) is 3.04. The summed E-state index contributed by atoms with van der Waals surface area (Å²) in [6.45, 7) is 5.54. The van der Waals surface area contributed by atoms with Gasteiger partial charge in [0.05, 0.1) is 11.3 Å². The van der Waals surface area contributed by atoms with Gasteiger partial charge in [0, 0.05) is 25.3 Å². The Balaban J connectivity index is 1.98. The number of ketones is 1. The summed E-state index contributed by atoms with van der Waals surface area (Å²) in [4.78, 5) is 27.4. The van der Waals surface area contributed by atoms with E-state index in [4.69, 9.17) is 0 Å². The molecule has 1 aromatic rings. The summed E-state index contributed by atoms with van der Waals surface area (Å²) in [5.41, 5.74) is 2.39.